The molecule has 2 rings (SSSR count). The fourth-order valence-corrected chi connectivity index (χ4v) is 3.89. The third kappa shape index (κ3) is 3.98. The van der Waals surface area contributed by atoms with E-state index in [1.807, 2.05) is 12.1 Å². The van der Waals surface area contributed by atoms with Crippen molar-refractivity contribution in [3.63, 3.8) is 0 Å². The van der Waals surface area contributed by atoms with E-state index in [1.54, 1.807) is 7.11 Å². The van der Waals surface area contributed by atoms with Gasteiger partial charge in [-0.3, -0.25) is 0 Å². The van der Waals surface area contributed by atoms with Crippen LogP contribution in [0, 0.1) is 11.8 Å². The zero-order valence-electron chi connectivity index (χ0n) is 12.6. The Bertz CT molecular complexity index is 435. The van der Waals surface area contributed by atoms with Crippen molar-refractivity contribution in [2.75, 3.05) is 7.11 Å². The molecule has 0 bridgehead atoms. The fourth-order valence-electron chi connectivity index (χ4n) is 3.48. The minimum atomic E-state index is 0.340. The van der Waals surface area contributed by atoms with E-state index in [2.05, 4.69) is 28.9 Å². The molecule has 3 atom stereocenters. The first-order valence-corrected chi connectivity index (χ1v) is 8.51. The lowest BCUT2D eigenvalue weighted by Gasteiger charge is -2.34. The molecule has 112 valence electrons. The van der Waals surface area contributed by atoms with E-state index in [9.17, 15) is 0 Å². The lowest BCUT2D eigenvalue weighted by molar-refractivity contribution is 0.220. The Morgan fingerprint density at radius 3 is 2.85 bits per heavy atom. The summed E-state index contributed by atoms with van der Waals surface area (Å²) in [6.45, 7) is 2.28. The van der Waals surface area contributed by atoms with Crippen LogP contribution >= 0.6 is 15.9 Å². The van der Waals surface area contributed by atoms with E-state index in [4.69, 9.17) is 10.5 Å². The molecular weight excluding hydrogens is 314 g/mol. The summed E-state index contributed by atoms with van der Waals surface area (Å²) in [4.78, 5) is 0. The van der Waals surface area contributed by atoms with Gasteiger partial charge in [0.2, 0.25) is 0 Å². The van der Waals surface area contributed by atoms with E-state index in [1.165, 1.54) is 37.7 Å². The Morgan fingerprint density at radius 1 is 1.35 bits per heavy atom. The molecule has 1 aliphatic carbocycles. The third-order valence-corrected chi connectivity index (χ3v) is 5.06. The van der Waals surface area contributed by atoms with Crippen molar-refractivity contribution in [2.24, 2.45) is 17.6 Å². The van der Waals surface area contributed by atoms with Crippen LogP contribution in [-0.4, -0.2) is 13.2 Å². The van der Waals surface area contributed by atoms with Crippen LogP contribution in [0.2, 0.25) is 0 Å². The van der Waals surface area contributed by atoms with Crippen molar-refractivity contribution in [3.8, 4) is 5.75 Å². The summed E-state index contributed by atoms with van der Waals surface area (Å²) in [5.74, 6) is 2.43. The predicted octanol–water partition coefficient (Wildman–Crippen LogP) is 4.54. The summed E-state index contributed by atoms with van der Waals surface area (Å²) in [5.41, 5.74) is 7.64. The monoisotopic (exact) mass is 339 g/mol. The summed E-state index contributed by atoms with van der Waals surface area (Å²) in [5, 5.41) is 0. The fraction of sp³-hybridized carbons (Fsp3) is 0.647. The maximum Gasteiger partial charge on any atom is 0.122 e. The number of nitrogens with two attached hydrogens (primary N) is 1. The summed E-state index contributed by atoms with van der Waals surface area (Å²) in [6, 6.07) is 6.58. The van der Waals surface area contributed by atoms with E-state index in [0.717, 1.165) is 22.6 Å². The molecule has 2 nitrogen and oxygen atoms in total. The number of halogens is 1. The topological polar surface area (TPSA) is 35.2 Å². The van der Waals surface area contributed by atoms with E-state index < -0.39 is 0 Å². The number of methoxy groups -OCH3 is 1. The Hall–Kier alpha value is -0.540. The van der Waals surface area contributed by atoms with Gasteiger partial charge in [-0.05, 0) is 61.3 Å². The molecule has 1 fully saturated rings. The van der Waals surface area contributed by atoms with Gasteiger partial charge >= 0.3 is 0 Å². The zero-order chi connectivity index (χ0) is 14.5. The molecule has 1 aliphatic rings. The quantitative estimate of drug-likeness (QED) is 0.854. The lowest BCUT2D eigenvalue weighted by atomic mass is 9.74. The maximum absolute atomic E-state index is 6.36. The highest BCUT2D eigenvalue weighted by Gasteiger charge is 2.28. The van der Waals surface area contributed by atoms with Gasteiger partial charge in [-0.2, -0.15) is 0 Å². The van der Waals surface area contributed by atoms with E-state index in [0.29, 0.717) is 12.0 Å². The van der Waals surface area contributed by atoms with Crippen LogP contribution in [0.3, 0.4) is 0 Å². The standard InChI is InChI=1S/C17H26BrNO/c1-3-4-12-5-7-16(19)13(9-12)10-14-11-15(18)6-8-17(14)20-2/h6,8,11-13,16H,3-5,7,9-10,19H2,1-2H3. The Balaban J connectivity index is 2.09. The van der Waals surface area contributed by atoms with Crippen molar-refractivity contribution in [2.45, 2.75) is 51.5 Å². The SMILES string of the molecule is CCCC1CCC(N)C(Cc2cc(Br)ccc2OC)C1. The zero-order valence-corrected chi connectivity index (χ0v) is 14.2. The van der Waals surface area contributed by atoms with Gasteiger partial charge < -0.3 is 10.5 Å². The minimum absolute atomic E-state index is 0.340. The molecule has 1 saturated carbocycles. The Morgan fingerprint density at radius 2 is 2.15 bits per heavy atom. The number of rotatable bonds is 5. The molecular formula is C17H26BrNO. The first kappa shape index (κ1) is 15.8. The van der Waals surface area contributed by atoms with Crippen LogP contribution in [0.15, 0.2) is 22.7 Å². The van der Waals surface area contributed by atoms with E-state index in [-0.39, 0.29) is 0 Å². The van der Waals surface area contributed by atoms with Gasteiger partial charge in [0.1, 0.15) is 5.75 Å². The Kier molecular flexibility index (Phi) is 5.91. The molecule has 3 heteroatoms. The van der Waals surface area contributed by atoms with Crippen LogP contribution in [0.1, 0.15) is 44.6 Å². The predicted molar refractivity (Wildman–Crippen MR) is 88.1 cm³/mol. The molecule has 0 aliphatic heterocycles. The molecule has 1 aromatic rings. The first-order valence-electron chi connectivity index (χ1n) is 7.72. The molecule has 1 aromatic carbocycles. The van der Waals surface area contributed by atoms with Gasteiger partial charge in [0.15, 0.2) is 0 Å². The van der Waals surface area contributed by atoms with Crippen LogP contribution in [0.4, 0.5) is 0 Å². The normalized spacial score (nSPS) is 26.5. The number of hydrogen-bond acceptors (Lipinski definition) is 2. The number of benzene rings is 1. The van der Waals surface area contributed by atoms with Crippen molar-refractivity contribution in [1.82, 2.24) is 0 Å². The summed E-state index contributed by atoms with van der Waals surface area (Å²) >= 11 is 3.56. The molecule has 0 amide bonds. The van der Waals surface area contributed by atoms with Crippen molar-refractivity contribution < 1.29 is 4.74 Å². The average Bonchev–Trinajstić information content (AvgIpc) is 2.43. The number of hydrogen-bond donors (Lipinski definition) is 1. The molecule has 3 unspecified atom stereocenters. The molecule has 20 heavy (non-hydrogen) atoms. The van der Waals surface area contributed by atoms with Gasteiger partial charge in [0, 0.05) is 10.5 Å². The van der Waals surface area contributed by atoms with Gasteiger partial charge in [-0.25, -0.2) is 0 Å². The average molecular weight is 340 g/mol. The van der Waals surface area contributed by atoms with Gasteiger partial charge in [0.25, 0.3) is 0 Å². The second-order valence-electron chi connectivity index (χ2n) is 6.05. The highest BCUT2D eigenvalue weighted by molar-refractivity contribution is 9.10. The highest BCUT2D eigenvalue weighted by Crippen LogP contribution is 2.35. The first-order chi connectivity index (χ1) is 9.63. The summed E-state index contributed by atoms with van der Waals surface area (Å²) in [7, 11) is 1.74. The summed E-state index contributed by atoms with van der Waals surface area (Å²) in [6.07, 6.45) is 7.41. The summed E-state index contributed by atoms with van der Waals surface area (Å²) < 4.78 is 6.60. The van der Waals surface area contributed by atoms with Gasteiger partial charge in [0.05, 0.1) is 7.11 Å². The molecule has 0 saturated heterocycles. The van der Waals surface area contributed by atoms with Crippen molar-refractivity contribution in [1.29, 1.82) is 0 Å². The van der Waals surface area contributed by atoms with Crippen LogP contribution < -0.4 is 10.5 Å². The Labute approximate surface area is 131 Å². The third-order valence-electron chi connectivity index (χ3n) is 4.57. The lowest BCUT2D eigenvalue weighted by Crippen LogP contribution is -2.37. The molecule has 2 N–H and O–H groups in total. The maximum atomic E-state index is 6.36. The second kappa shape index (κ2) is 7.46. The smallest absolute Gasteiger partial charge is 0.122 e. The highest BCUT2D eigenvalue weighted by atomic mass is 79.9. The second-order valence-corrected chi connectivity index (χ2v) is 6.97. The largest absolute Gasteiger partial charge is 0.496 e. The van der Waals surface area contributed by atoms with Gasteiger partial charge in [-0.1, -0.05) is 35.7 Å². The van der Waals surface area contributed by atoms with Crippen molar-refractivity contribution in [3.05, 3.63) is 28.2 Å². The van der Waals surface area contributed by atoms with Crippen LogP contribution in [0.25, 0.3) is 0 Å². The van der Waals surface area contributed by atoms with Crippen LogP contribution in [0.5, 0.6) is 5.75 Å². The van der Waals surface area contributed by atoms with E-state index >= 15 is 0 Å². The van der Waals surface area contributed by atoms with Crippen molar-refractivity contribution >= 4 is 15.9 Å². The van der Waals surface area contributed by atoms with Gasteiger partial charge in [-0.15, -0.1) is 0 Å². The molecule has 0 radical (unpaired) electrons. The molecule has 0 aromatic heterocycles. The molecule has 0 heterocycles. The minimum Gasteiger partial charge on any atom is -0.496 e. The molecule has 0 spiro atoms. The van der Waals surface area contributed by atoms with Crippen LogP contribution in [-0.2, 0) is 6.42 Å². The number of ether oxygens (including phenoxy) is 1.